The van der Waals surface area contributed by atoms with Gasteiger partial charge in [-0.3, -0.25) is 9.59 Å². The number of para-hydroxylation sites is 1. The molecule has 0 radical (unpaired) electrons. The smallest absolute Gasteiger partial charge is 0.251 e. The van der Waals surface area contributed by atoms with Crippen molar-refractivity contribution in [2.75, 3.05) is 11.9 Å². The van der Waals surface area contributed by atoms with E-state index >= 15 is 0 Å². The summed E-state index contributed by atoms with van der Waals surface area (Å²) < 4.78 is 0. The molecule has 0 aliphatic rings. The molecule has 2 amide bonds. The highest BCUT2D eigenvalue weighted by atomic mass is 35.5. The Morgan fingerprint density at radius 2 is 1.67 bits per heavy atom. The maximum absolute atomic E-state index is 11.9. The third kappa shape index (κ3) is 4.48. The van der Waals surface area contributed by atoms with E-state index in [1.54, 1.807) is 18.2 Å². The van der Waals surface area contributed by atoms with Gasteiger partial charge in [-0.25, -0.2) is 0 Å². The molecule has 0 heterocycles. The van der Waals surface area contributed by atoms with Crippen LogP contribution < -0.4 is 10.6 Å². The number of halogens is 2. The standard InChI is InChI=1S/C15H12Cl2N2O2/c16-12-7-6-10(8-13(12)17)15(21)18-9-14(20)19-11-4-2-1-3-5-11/h1-8H,9H2,(H,18,21)(H,19,20). The first-order valence-electron chi connectivity index (χ1n) is 6.14. The summed E-state index contributed by atoms with van der Waals surface area (Å²) in [6.45, 7) is -0.131. The lowest BCUT2D eigenvalue weighted by Crippen LogP contribution is -2.32. The summed E-state index contributed by atoms with van der Waals surface area (Å²) in [6.07, 6.45) is 0. The van der Waals surface area contributed by atoms with Gasteiger partial charge >= 0.3 is 0 Å². The fraction of sp³-hybridized carbons (Fsp3) is 0.0667. The maximum Gasteiger partial charge on any atom is 0.251 e. The van der Waals surface area contributed by atoms with E-state index in [1.807, 2.05) is 18.2 Å². The second kappa shape index (κ2) is 7.11. The molecule has 21 heavy (non-hydrogen) atoms. The SMILES string of the molecule is O=C(CNC(=O)c1ccc(Cl)c(Cl)c1)Nc1ccccc1. The molecular formula is C15H12Cl2N2O2. The second-order valence-electron chi connectivity index (χ2n) is 4.23. The third-order valence-corrected chi connectivity index (χ3v) is 3.39. The Bertz CT molecular complexity index is 660. The lowest BCUT2D eigenvalue weighted by molar-refractivity contribution is -0.115. The second-order valence-corrected chi connectivity index (χ2v) is 5.04. The molecule has 0 saturated heterocycles. The number of carbonyl (C=O) groups excluding carboxylic acids is 2. The number of benzene rings is 2. The van der Waals surface area contributed by atoms with Gasteiger partial charge in [0.1, 0.15) is 0 Å². The molecule has 0 spiro atoms. The molecule has 0 fully saturated rings. The fourth-order valence-electron chi connectivity index (χ4n) is 1.63. The number of hydrogen-bond donors (Lipinski definition) is 2. The van der Waals surface area contributed by atoms with Gasteiger partial charge in [0.15, 0.2) is 0 Å². The molecule has 0 atom stereocenters. The van der Waals surface area contributed by atoms with Gasteiger partial charge in [-0.15, -0.1) is 0 Å². The predicted molar refractivity (Wildman–Crippen MR) is 83.9 cm³/mol. The summed E-state index contributed by atoms with van der Waals surface area (Å²) in [5.74, 6) is -0.702. The van der Waals surface area contributed by atoms with Crippen molar-refractivity contribution in [1.29, 1.82) is 0 Å². The topological polar surface area (TPSA) is 58.2 Å². The highest BCUT2D eigenvalue weighted by Crippen LogP contribution is 2.22. The van der Waals surface area contributed by atoms with Crippen molar-refractivity contribution in [3.8, 4) is 0 Å². The van der Waals surface area contributed by atoms with Gasteiger partial charge in [-0.1, -0.05) is 41.4 Å². The Hall–Kier alpha value is -2.04. The van der Waals surface area contributed by atoms with Crippen LogP contribution in [0, 0.1) is 0 Å². The quantitative estimate of drug-likeness (QED) is 0.906. The highest BCUT2D eigenvalue weighted by Gasteiger charge is 2.09. The van der Waals surface area contributed by atoms with E-state index in [-0.39, 0.29) is 17.5 Å². The summed E-state index contributed by atoms with van der Waals surface area (Å²) in [5.41, 5.74) is 1.02. The number of nitrogens with one attached hydrogen (secondary N) is 2. The monoisotopic (exact) mass is 322 g/mol. The molecule has 0 aliphatic heterocycles. The molecule has 0 aromatic heterocycles. The molecule has 2 rings (SSSR count). The summed E-state index contributed by atoms with van der Waals surface area (Å²) in [5, 5.41) is 5.84. The van der Waals surface area contributed by atoms with Crippen LogP contribution in [0.25, 0.3) is 0 Å². The first kappa shape index (κ1) is 15.4. The molecular weight excluding hydrogens is 311 g/mol. The van der Waals surface area contributed by atoms with Crippen molar-refractivity contribution >= 4 is 40.7 Å². The van der Waals surface area contributed by atoms with Crippen molar-refractivity contribution in [3.63, 3.8) is 0 Å². The van der Waals surface area contributed by atoms with Gasteiger partial charge < -0.3 is 10.6 Å². The van der Waals surface area contributed by atoms with E-state index in [4.69, 9.17) is 23.2 Å². The average Bonchev–Trinajstić information content (AvgIpc) is 2.48. The predicted octanol–water partition coefficient (Wildman–Crippen LogP) is 3.36. The van der Waals surface area contributed by atoms with Crippen molar-refractivity contribution in [3.05, 3.63) is 64.1 Å². The van der Waals surface area contributed by atoms with E-state index in [1.165, 1.54) is 12.1 Å². The summed E-state index contributed by atoms with van der Waals surface area (Å²) in [6, 6.07) is 13.5. The van der Waals surface area contributed by atoms with Crippen LogP contribution in [0.5, 0.6) is 0 Å². The number of rotatable bonds is 4. The zero-order chi connectivity index (χ0) is 15.2. The molecule has 0 bridgehead atoms. The van der Waals surface area contributed by atoms with Crippen molar-refractivity contribution in [2.24, 2.45) is 0 Å². The summed E-state index contributed by atoms with van der Waals surface area (Å²) >= 11 is 11.6. The average molecular weight is 323 g/mol. The first-order valence-corrected chi connectivity index (χ1v) is 6.90. The summed E-state index contributed by atoms with van der Waals surface area (Å²) in [7, 11) is 0. The van der Waals surface area contributed by atoms with Crippen LogP contribution in [0.15, 0.2) is 48.5 Å². The Kier molecular flexibility index (Phi) is 5.20. The fourth-order valence-corrected chi connectivity index (χ4v) is 1.92. The highest BCUT2D eigenvalue weighted by molar-refractivity contribution is 6.42. The number of anilines is 1. The van der Waals surface area contributed by atoms with Crippen LogP contribution in [0.2, 0.25) is 10.0 Å². The van der Waals surface area contributed by atoms with Crippen LogP contribution in [0.1, 0.15) is 10.4 Å². The van der Waals surface area contributed by atoms with Gasteiger partial charge in [0.25, 0.3) is 5.91 Å². The number of hydrogen-bond acceptors (Lipinski definition) is 2. The van der Waals surface area contributed by atoms with E-state index < -0.39 is 5.91 Å². The minimum atomic E-state index is -0.392. The normalized spacial score (nSPS) is 10.0. The third-order valence-electron chi connectivity index (χ3n) is 2.65. The lowest BCUT2D eigenvalue weighted by atomic mass is 10.2. The van der Waals surface area contributed by atoms with Crippen molar-refractivity contribution < 1.29 is 9.59 Å². The Morgan fingerprint density at radius 1 is 0.952 bits per heavy atom. The van der Waals surface area contributed by atoms with Gasteiger partial charge in [0.2, 0.25) is 5.91 Å². The van der Waals surface area contributed by atoms with Crippen LogP contribution >= 0.6 is 23.2 Å². The van der Waals surface area contributed by atoms with Crippen LogP contribution in [0.3, 0.4) is 0 Å². The lowest BCUT2D eigenvalue weighted by Gasteiger charge is -2.07. The molecule has 6 heteroatoms. The Morgan fingerprint density at radius 3 is 2.33 bits per heavy atom. The van der Waals surface area contributed by atoms with Gasteiger partial charge in [-0.05, 0) is 30.3 Å². The minimum Gasteiger partial charge on any atom is -0.343 e. The molecule has 108 valence electrons. The van der Waals surface area contributed by atoms with Crippen molar-refractivity contribution in [2.45, 2.75) is 0 Å². The summed E-state index contributed by atoms with van der Waals surface area (Å²) in [4.78, 5) is 23.6. The van der Waals surface area contributed by atoms with Crippen LogP contribution in [-0.2, 0) is 4.79 Å². The molecule has 0 saturated carbocycles. The van der Waals surface area contributed by atoms with Crippen LogP contribution in [0.4, 0.5) is 5.69 Å². The number of carbonyl (C=O) groups is 2. The molecule has 0 aliphatic carbocycles. The van der Waals surface area contributed by atoms with E-state index in [0.29, 0.717) is 16.3 Å². The molecule has 2 aromatic carbocycles. The van der Waals surface area contributed by atoms with Gasteiger partial charge in [0.05, 0.1) is 16.6 Å². The zero-order valence-corrected chi connectivity index (χ0v) is 12.4. The molecule has 4 nitrogen and oxygen atoms in total. The maximum atomic E-state index is 11.9. The Balaban J connectivity index is 1.89. The largest absolute Gasteiger partial charge is 0.343 e. The van der Waals surface area contributed by atoms with Crippen LogP contribution in [-0.4, -0.2) is 18.4 Å². The number of amides is 2. The van der Waals surface area contributed by atoms with E-state index in [0.717, 1.165) is 0 Å². The minimum absolute atomic E-state index is 0.131. The Labute approximate surface area is 132 Å². The van der Waals surface area contributed by atoms with E-state index in [2.05, 4.69) is 10.6 Å². The zero-order valence-electron chi connectivity index (χ0n) is 10.9. The van der Waals surface area contributed by atoms with Gasteiger partial charge in [-0.2, -0.15) is 0 Å². The molecule has 2 N–H and O–H groups in total. The van der Waals surface area contributed by atoms with E-state index in [9.17, 15) is 9.59 Å². The molecule has 2 aromatic rings. The molecule has 0 unspecified atom stereocenters. The van der Waals surface area contributed by atoms with Gasteiger partial charge in [0, 0.05) is 11.3 Å². The first-order chi connectivity index (χ1) is 10.1. The van der Waals surface area contributed by atoms with Crippen molar-refractivity contribution in [1.82, 2.24) is 5.32 Å².